The molecule has 0 aliphatic rings. The number of terminal acetylenes is 1. The van der Waals surface area contributed by atoms with E-state index in [4.69, 9.17) is 11.2 Å². The Hall–Kier alpha value is -1.42. The largest absolute Gasteiger partial charge is 0.493 e. The van der Waals surface area contributed by atoms with E-state index in [0.29, 0.717) is 0 Å². The smallest absolute Gasteiger partial charge is 0.122 e. The molecule has 0 unspecified atom stereocenters. The zero-order chi connectivity index (χ0) is 11.1. The van der Waals surface area contributed by atoms with Gasteiger partial charge in [-0.3, -0.25) is 0 Å². The van der Waals surface area contributed by atoms with Gasteiger partial charge < -0.3 is 4.74 Å². The first kappa shape index (κ1) is 11.7. The molecule has 1 rings (SSSR count). The van der Waals surface area contributed by atoms with Crippen molar-refractivity contribution in [2.45, 2.75) is 33.1 Å². The predicted octanol–water partition coefficient (Wildman–Crippen LogP) is 3.49. The molecule has 0 heterocycles. The van der Waals surface area contributed by atoms with Gasteiger partial charge >= 0.3 is 0 Å². The van der Waals surface area contributed by atoms with Gasteiger partial charge in [0.2, 0.25) is 0 Å². The van der Waals surface area contributed by atoms with E-state index in [1.807, 2.05) is 12.1 Å². The molecular formula is C14H18O. The fraction of sp³-hybridized carbons (Fsp3) is 0.429. The SMILES string of the molecule is C#CCCCCOc1cccc(C)c1C. The van der Waals surface area contributed by atoms with Crippen LogP contribution in [0.3, 0.4) is 0 Å². The summed E-state index contributed by atoms with van der Waals surface area (Å²) in [6.45, 7) is 4.94. The summed E-state index contributed by atoms with van der Waals surface area (Å²) >= 11 is 0. The van der Waals surface area contributed by atoms with Gasteiger partial charge in [0.05, 0.1) is 6.61 Å². The molecule has 0 aliphatic carbocycles. The Morgan fingerprint density at radius 2 is 2.07 bits per heavy atom. The summed E-state index contributed by atoms with van der Waals surface area (Å²) in [5, 5.41) is 0. The average Bonchev–Trinajstić information content (AvgIpc) is 2.24. The third-order valence-corrected chi connectivity index (χ3v) is 2.53. The van der Waals surface area contributed by atoms with E-state index in [2.05, 4.69) is 25.8 Å². The zero-order valence-electron chi connectivity index (χ0n) is 9.55. The molecule has 0 atom stereocenters. The highest BCUT2D eigenvalue weighted by atomic mass is 16.5. The fourth-order valence-electron chi connectivity index (χ4n) is 1.39. The van der Waals surface area contributed by atoms with Crippen LogP contribution < -0.4 is 4.74 Å². The average molecular weight is 202 g/mol. The minimum absolute atomic E-state index is 0.756. The summed E-state index contributed by atoms with van der Waals surface area (Å²) in [4.78, 5) is 0. The molecule has 1 aromatic rings. The molecule has 0 fully saturated rings. The van der Waals surface area contributed by atoms with Crippen molar-refractivity contribution in [3.8, 4) is 18.1 Å². The van der Waals surface area contributed by atoms with E-state index in [1.54, 1.807) is 0 Å². The molecule has 1 heteroatoms. The molecule has 0 bridgehead atoms. The molecule has 0 spiro atoms. The molecule has 0 saturated carbocycles. The van der Waals surface area contributed by atoms with E-state index in [0.717, 1.165) is 31.6 Å². The second kappa shape index (κ2) is 6.14. The molecule has 0 amide bonds. The highest BCUT2D eigenvalue weighted by molar-refractivity contribution is 5.38. The molecule has 80 valence electrons. The quantitative estimate of drug-likeness (QED) is 0.524. The number of ether oxygens (including phenoxy) is 1. The fourth-order valence-corrected chi connectivity index (χ4v) is 1.39. The predicted molar refractivity (Wildman–Crippen MR) is 64.1 cm³/mol. The minimum Gasteiger partial charge on any atom is -0.493 e. The Morgan fingerprint density at radius 1 is 1.27 bits per heavy atom. The molecule has 1 nitrogen and oxygen atoms in total. The lowest BCUT2D eigenvalue weighted by Crippen LogP contribution is -1.99. The lowest BCUT2D eigenvalue weighted by molar-refractivity contribution is 0.305. The monoisotopic (exact) mass is 202 g/mol. The number of aryl methyl sites for hydroxylation is 1. The third kappa shape index (κ3) is 3.67. The molecule has 0 aliphatic heterocycles. The highest BCUT2D eigenvalue weighted by Crippen LogP contribution is 2.20. The van der Waals surface area contributed by atoms with Crippen molar-refractivity contribution in [2.75, 3.05) is 6.61 Å². The van der Waals surface area contributed by atoms with Crippen LogP contribution >= 0.6 is 0 Å². The van der Waals surface area contributed by atoms with Gasteiger partial charge in [0.25, 0.3) is 0 Å². The van der Waals surface area contributed by atoms with Crippen molar-refractivity contribution in [1.82, 2.24) is 0 Å². The van der Waals surface area contributed by atoms with Gasteiger partial charge in [0.15, 0.2) is 0 Å². The second-order valence-electron chi connectivity index (χ2n) is 3.71. The summed E-state index contributed by atoms with van der Waals surface area (Å²) in [6, 6.07) is 6.14. The Morgan fingerprint density at radius 3 is 2.80 bits per heavy atom. The standard InChI is InChI=1S/C14H18O/c1-4-5-6-7-11-15-14-10-8-9-12(2)13(14)3/h1,8-10H,5-7,11H2,2-3H3. The summed E-state index contributed by atoms with van der Waals surface area (Å²) < 4.78 is 5.70. The van der Waals surface area contributed by atoms with Crippen LogP contribution in [-0.4, -0.2) is 6.61 Å². The Labute approximate surface area is 92.5 Å². The Balaban J connectivity index is 2.38. The van der Waals surface area contributed by atoms with Crippen LogP contribution in [0.15, 0.2) is 18.2 Å². The lowest BCUT2D eigenvalue weighted by atomic mass is 10.1. The van der Waals surface area contributed by atoms with Crippen LogP contribution in [0.5, 0.6) is 5.75 Å². The maximum Gasteiger partial charge on any atom is 0.122 e. The highest BCUT2D eigenvalue weighted by Gasteiger charge is 2.00. The van der Waals surface area contributed by atoms with Gasteiger partial charge in [-0.15, -0.1) is 12.3 Å². The van der Waals surface area contributed by atoms with Crippen molar-refractivity contribution in [3.05, 3.63) is 29.3 Å². The summed E-state index contributed by atoms with van der Waals surface area (Å²) in [7, 11) is 0. The van der Waals surface area contributed by atoms with E-state index in [1.165, 1.54) is 11.1 Å². The summed E-state index contributed by atoms with van der Waals surface area (Å²) in [6.07, 6.45) is 8.09. The van der Waals surface area contributed by atoms with E-state index in [-0.39, 0.29) is 0 Å². The second-order valence-corrected chi connectivity index (χ2v) is 3.71. The van der Waals surface area contributed by atoms with Gasteiger partial charge in [0.1, 0.15) is 5.75 Å². The van der Waals surface area contributed by atoms with Crippen molar-refractivity contribution >= 4 is 0 Å². The van der Waals surface area contributed by atoms with Gasteiger partial charge in [0, 0.05) is 6.42 Å². The molecule has 0 saturated heterocycles. The normalized spacial score (nSPS) is 9.67. The van der Waals surface area contributed by atoms with E-state index < -0.39 is 0 Å². The zero-order valence-corrected chi connectivity index (χ0v) is 9.55. The first-order chi connectivity index (χ1) is 7.25. The van der Waals surface area contributed by atoms with E-state index in [9.17, 15) is 0 Å². The number of unbranched alkanes of at least 4 members (excludes halogenated alkanes) is 2. The molecule has 0 radical (unpaired) electrons. The number of hydrogen-bond acceptors (Lipinski definition) is 1. The first-order valence-corrected chi connectivity index (χ1v) is 5.38. The van der Waals surface area contributed by atoms with Gasteiger partial charge in [-0.25, -0.2) is 0 Å². The topological polar surface area (TPSA) is 9.23 Å². The molecule has 0 N–H and O–H groups in total. The Kier molecular flexibility index (Phi) is 4.77. The maximum absolute atomic E-state index is 5.70. The molecule has 0 aromatic heterocycles. The minimum atomic E-state index is 0.756. The number of hydrogen-bond donors (Lipinski definition) is 0. The van der Waals surface area contributed by atoms with Crippen LogP contribution in [-0.2, 0) is 0 Å². The molecule has 15 heavy (non-hydrogen) atoms. The van der Waals surface area contributed by atoms with Crippen molar-refractivity contribution in [2.24, 2.45) is 0 Å². The van der Waals surface area contributed by atoms with Gasteiger partial charge in [-0.05, 0) is 43.9 Å². The van der Waals surface area contributed by atoms with Crippen LogP contribution in [0.25, 0.3) is 0 Å². The third-order valence-electron chi connectivity index (χ3n) is 2.53. The van der Waals surface area contributed by atoms with Crippen LogP contribution in [0.2, 0.25) is 0 Å². The maximum atomic E-state index is 5.70. The van der Waals surface area contributed by atoms with Gasteiger partial charge in [-0.2, -0.15) is 0 Å². The van der Waals surface area contributed by atoms with Crippen LogP contribution in [0.1, 0.15) is 30.4 Å². The number of benzene rings is 1. The van der Waals surface area contributed by atoms with Gasteiger partial charge in [-0.1, -0.05) is 12.1 Å². The number of rotatable bonds is 5. The molecule has 1 aromatic carbocycles. The lowest BCUT2D eigenvalue weighted by Gasteiger charge is -2.10. The first-order valence-electron chi connectivity index (χ1n) is 5.38. The van der Waals surface area contributed by atoms with Crippen LogP contribution in [0.4, 0.5) is 0 Å². The summed E-state index contributed by atoms with van der Waals surface area (Å²) in [5.74, 6) is 3.63. The van der Waals surface area contributed by atoms with Crippen LogP contribution in [0, 0.1) is 26.2 Å². The van der Waals surface area contributed by atoms with Crippen molar-refractivity contribution in [3.63, 3.8) is 0 Å². The van der Waals surface area contributed by atoms with Crippen molar-refractivity contribution in [1.29, 1.82) is 0 Å². The summed E-state index contributed by atoms with van der Waals surface area (Å²) in [5.41, 5.74) is 2.51. The van der Waals surface area contributed by atoms with Crippen molar-refractivity contribution < 1.29 is 4.74 Å². The van der Waals surface area contributed by atoms with E-state index >= 15 is 0 Å². The Bertz CT molecular complexity index is 347. The molecular weight excluding hydrogens is 184 g/mol.